The Bertz CT molecular complexity index is 461. The van der Waals surface area contributed by atoms with Crippen molar-refractivity contribution in [2.24, 2.45) is 7.05 Å². The van der Waals surface area contributed by atoms with E-state index in [-0.39, 0.29) is 5.91 Å². The van der Waals surface area contributed by atoms with Gasteiger partial charge in [0.05, 0.1) is 12.2 Å². The van der Waals surface area contributed by atoms with Crippen LogP contribution in [0.1, 0.15) is 31.9 Å². The molecule has 1 aromatic rings. The molecule has 0 atom stereocenters. The van der Waals surface area contributed by atoms with E-state index in [0.29, 0.717) is 12.6 Å². The maximum atomic E-state index is 11.7. The van der Waals surface area contributed by atoms with Crippen LogP contribution in [0.5, 0.6) is 0 Å². The molecule has 1 amide bonds. The molecule has 1 aromatic heterocycles. The third kappa shape index (κ3) is 1.69. The summed E-state index contributed by atoms with van der Waals surface area (Å²) in [6, 6.07) is 0.546. The summed E-state index contributed by atoms with van der Waals surface area (Å²) >= 11 is 0. The van der Waals surface area contributed by atoms with Crippen LogP contribution in [0.2, 0.25) is 0 Å². The highest BCUT2D eigenvalue weighted by Gasteiger charge is 2.37. The van der Waals surface area contributed by atoms with Crippen molar-refractivity contribution in [2.45, 2.75) is 38.6 Å². The number of nitrogens with zero attached hydrogens (tertiary/aromatic N) is 3. The summed E-state index contributed by atoms with van der Waals surface area (Å²) < 4.78 is 1.91. The SMILES string of the molecule is CCCc1nn(C)c2c1NC(=O)CN2C1CC1. The van der Waals surface area contributed by atoms with Crippen LogP contribution in [0.25, 0.3) is 0 Å². The van der Waals surface area contributed by atoms with Gasteiger partial charge < -0.3 is 10.2 Å². The predicted octanol–water partition coefficient (Wildman–Crippen LogP) is 1.29. The molecule has 5 heteroatoms. The summed E-state index contributed by atoms with van der Waals surface area (Å²) in [6.45, 7) is 2.60. The van der Waals surface area contributed by atoms with E-state index in [0.717, 1.165) is 30.0 Å². The predicted molar refractivity (Wildman–Crippen MR) is 66.2 cm³/mol. The summed E-state index contributed by atoms with van der Waals surface area (Å²) in [5.41, 5.74) is 1.96. The van der Waals surface area contributed by atoms with Crippen LogP contribution in [0, 0.1) is 0 Å². The molecule has 0 radical (unpaired) electrons. The lowest BCUT2D eigenvalue weighted by molar-refractivity contribution is -0.115. The van der Waals surface area contributed by atoms with Gasteiger partial charge in [-0.15, -0.1) is 0 Å². The second kappa shape index (κ2) is 3.75. The molecule has 0 bridgehead atoms. The van der Waals surface area contributed by atoms with Crippen molar-refractivity contribution in [3.05, 3.63) is 5.69 Å². The van der Waals surface area contributed by atoms with Crippen LogP contribution in [0.4, 0.5) is 11.5 Å². The zero-order chi connectivity index (χ0) is 12.0. The van der Waals surface area contributed by atoms with Gasteiger partial charge in [0.1, 0.15) is 5.69 Å². The van der Waals surface area contributed by atoms with E-state index >= 15 is 0 Å². The maximum absolute atomic E-state index is 11.7. The summed E-state index contributed by atoms with van der Waals surface area (Å²) in [4.78, 5) is 14.0. The van der Waals surface area contributed by atoms with Crippen molar-refractivity contribution >= 4 is 17.4 Å². The van der Waals surface area contributed by atoms with Crippen molar-refractivity contribution in [3.63, 3.8) is 0 Å². The van der Waals surface area contributed by atoms with Gasteiger partial charge in [0.2, 0.25) is 5.91 Å². The van der Waals surface area contributed by atoms with Gasteiger partial charge in [-0.2, -0.15) is 5.10 Å². The highest BCUT2D eigenvalue weighted by molar-refractivity contribution is 6.01. The Kier molecular flexibility index (Phi) is 2.34. The lowest BCUT2D eigenvalue weighted by Gasteiger charge is -2.29. The zero-order valence-electron chi connectivity index (χ0n) is 10.4. The summed E-state index contributed by atoms with van der Waals surface area (Å²) in [5, 5.41) is 7.52. The molecule has 1 fully saturated rings. The van der Waals surface area contributed by atoms with Crippen molar-refractivity contribution in [1.82, 2.24) is 9.78 Å². The van der Waals surface area contributed by atoms with Crippen molar-refractivity contribution < 1.29 is 4.79 Å². The Hall–Kier alpha value is -1.52. The van der Waals surface area contributed by atoms with E-state index in [1.165, 1.54) is 12.8 Å². The van der Waals surface area contributed by atoms with Crippen LogP contribution >= 0.6 is 0 Å². The average Bonchev–Trinajstić information content (AvgIpc) is 3.06. The lowest BCUT2D eigenvalue weighted by Crippen LogP contribution is -2.40. The fraction of sp³-hybridized carbons (Fsp3) is 0.667. The highest BCUT2D eigenvalue weighted by Crippen LogP contribution is 2.39. The Morgan fingerprint density at radius 2 is 2.24 bits per heavy atom. The van der Waals surface area contributed by atoms with E-state index in [2.05, 4.69) is 22.2 Å². The third-order valence-corrected chi connectivity index (χ3v) is 3.41. The number of amides is 1. The number of nitrogens with one attached hydrogen (secondary N) is 1. The Morgan fingerprint density at radius 3 is 2.88 bits per heavy atom. The van der Waals surface area contributed by atoms with Gasteiger partial charge in [-0.25, -0.2) is 0 Å². The van der Waals surface area contributed by atoms with E-state index in [9.17, 15) is 4.79 Å². The molecule has 1 saturated carbocycles. The molecule has 5 nitrogen and oxygen atoms in total. The molecule has 0 saturated heterocycles. The zero-order valence-corrected chi connectivity index (χ0v) is 10.4. The Morgan fingerprint density at radius 1 is 1.47 bits per heavy atom. The summed E-state index contributed by atoms with van der Waals surface area (Å²) in [7, 11) is 1.96. The van der Waals surface area contributed by atoms with E-state index < -0.39 is 0 Å². The Labute approximate surface area is 101 Å². The van der Waals surface area contributed by atoms with Gasteiger partial charge in [-0.3, -0.25) is 9.48 Å². The Balaban J connectivity index is 2.04. The molecular formula is C12H18N4O. The van der Waals surface area contributed by atoms with E-state index in [1.807, 2.05) is 11.7 Å². The van der Waals surface area contributed by atoms with Gasteiger partial charge in [-0.05, 0) is 19.3 Å². The number of fused-ring (bicyclic) bond motifs is 1. The molecule has 2 aliphatic rings. The minimum Gasteiger partial charge on any atom is -0.343 e. The number of aromatic nitrogens is 2. The molecule has 92 valence electrons. The first kappa shape index (κ1) is 10.6. The molecule has 1 aliphatic carbocycles. The molecule has 0 unspecified atom stereocenters. The van der Waals surface area contributed by atoms with Gasteiger partial charge >= 0.3 is 0 Å². The normalized spacial score (nSPS) is 19.2. The standard InChI is InChI=1S/C12H18N4O/c1-3-4-9-11-12(15(2)14-9)16(8-5-6-8)7-10(17)13-11/h8H,3-7H2,1-2H3,(H,13,17). The van der Waals surface area contributed by atoms with Crippen LogP contribution < -0.4 is 10.2 Å². The van der Waals surface area contributed by atoms with E-state index in [4.69, 9.17) is 0 Å². The summed E-state index contributed by atoms with van der Waals surface area (Å²) in [5.74, 6) is 1.19. The van der Waals surface area contributed by atoms with Gasteiger partial charge in [0, 0.05) is 13.1 Å². The first-order chi connectivity index (χ1) is 8.20. The number of hydrogen-bond acceptors (Lipinski definition) is 3. The third-order valence-electron chi connectivity index (χ3n) is 3.41. The van der Waals surface area contributed by atoms with Crippen molar-refractivity contribution in [2.75, 3.05) is 16.8 Å². The molecule has 1 aliphatic heterocycles. The number of anilines is 2. The molecule has 0 spiro atoms. The number of hydrogen-bond donors (Lipinski definition) is 1. The van der Waals surface area contributed by atoms with Crippen LogP contribution in [0.3, 0.4) is 0 Å². The van der Waals surface area contributed by atoms with Crippen LogP contribution in [-0.2, 0) is 18.3 Å². The average molecular weight is 234 g/mol. The fourth-order valence-electron chi connectivity index (χ4n) is 2.54. The number of rotatable bonds is 3. The number of aryl methyl sites for hydroxylation is 2. The van der Waals surface area contributed by atoms with Crippen molar-refractivity contribution in [3.8, 4) is 0 Å². The topological polar surface area (TPSA) is 50.2 Å². The minimum absolute atomic E-state index is 0.0924. The second-order valence-electron chi connectivity index (χ2n) is 4.93. The molecule has 0 aromatic carbocycles. The first-order valence-corrected chi connectivity index (χ1v) is 6.33. The molecule has 17 heavy (non-hydrogen) atoms. The van der Waals surface area contributed by atoms with Gasteiger partial charge in [0.25, 0.3) is 0 Å². The van der Waals surface area contributed by atoms with Gasteiger partial charge in [-0.1, -0.05) is 13.3 Å². The monoisotopic (exact) mass is 234 g/mol. The minimum atomic E-state index is 0.0924. The second-order valence-corrected chi connectivity index (χ2v) is 4.93. The van der Waals surface area contributed by atoms with Gasteiger partial charge in [0.15, 0.2) is 5.82 Å². The van der Waals surface area contributed by atoms with Crippen LogP contribution in [-0.4, -0.2) is 28.3 Å². The quantitative estimate of drug-likeness (QED) is 0.857. The molecular weight excluding hydrogens is 216 g/mol. The van der Waals surface area contributed by atoms with Crippen LogP contribution in [0.15, 0.2) is 0 Å². The molecule has 3 rings (SSSR count). The summed E-state index contributed by atoms with van der Waals surface area (Å²) in [6.07, 6.45) is 4.35. The molecule has 1 N–H and O–H groups in total. The molecule has 2 heterocycles. The fourth-order valence-corrected chi connectivity index (χ4v) is 2.54. The number of carbonyl (C=O) groups excluding carboxylic acids is 1. The first-order valence-electron chi connectivity index (χ1n) is 6.33. The van der Waals surface area contributed by atoms with E-state index in [1.54, 1.807) is 0 Å². The number of carbonyl (C=O) groups is 1. The lowest BCUT2D eigenvalue weighted by atomic mass is 10.2. The highest BCUT2D eigenvalue weighted by atomic mass is 16.2. The largest absolute Gasteiger partial charge is 0.343 e. The van der Waals surface area contributed by atoms with Crippen molar-refractivity contribution in [1.29, 1.82) is 0 Å². The smallest absolute Gasteiger partial charge is 0.244 e. The maximum Gasteiger partial charge on any atom is 0.244 e.